The number of carbonyl (C=O) groups is 2. The number of amides is 2. The van der Waals surface area contributed by atoms with Gasteiger partial charge in [0.05, 0.1) is 0 Å². The number of benzene rings is 1. The van der Waals surface area contributed by atoms with Gasteiger partial charge in [-0.1, -0.05) is 26.0 Å². The van der Waals surface area contributed by atoms with E-state index < -0.39 is 0 Å². The van der Waals surface area contributed by atoms with E-state index in [9.17, 15) is 9.59 Å². The number of rotatable bonds is 8. The van der Waals surface area contributed by atoms with Crippen molar-refractivity contribution >= 4 is 24.2 Å². The largest absolute Gasteiger partial charge is 0.352 e. The molecule has 6 heteroatoms. The van der Waals surface area contributed by atoms with Gasteiger partial charge in [-0.15, -0.1) is 12.4 Å². The van der Waals surface area contributed by atoms with Crippen LogP contribution in [0.4, 0.5) is 0 Å². The molecule has 1 unspecified atom stereocenters. The molecule has 0 heterocycles. The van der Waals surface area contributed by atoms with Gasteiger partial charge in [0.15, 0.2) is 0 Å². The van der Waals surface area contributed by atoms with Crippen molar-refractivity contribution in [3.8, 4) is 0 Å². The summed E-state index contributed by atoms with van der Waals surface area (Å²) in [6.45, 7) is 5.63. The van der Waals surface area contributed by atoms with Gasteiger partial charge >= 0.3 is 0 Å². The Labute approximate surface area is 138 Å². The minimum absolute atomic E-state index is 0. The van der Waals surface area contributed by atoms with E-state index in [0.717, 1.165) is 12.0 Å². The molecule has 0 radical (unpaired) electrons. The monoisotopic (exact) mass is 327 g/mol. The van der Waals surface area contributed by atoms with Crippen LogP contribution in [0.1, 0.15) is 36.2 Å². The van der Waals surface area contributed by atoms with E-state index in [0.29, 0.717) is 25.2 Å². The third kappa shape index (κ3) is 6.91. The summed E-state index contributed by atoms with van der Waals surface area (Å²) in [4.78, 5) is 23.7. The third-order valence-electron chi connectivity index (χ3n) is 3.15. The van der Waals surface area contributed by atoms with Crippen molar-refractivity contribution in [1.29, 1.82) is 0 Å². The van der Waals surface area contributed by atoms with Crippen LogP contribution in [0.5, 0.6) is 0 Å². The molecule has 0 aliphatic carbocycles. The Bertz CT molecular complexity index is 480. The van der Waals surface area contributed by atoms with Crippen molar-refractivity contribution < 1.29 is 9.59 Å². The maximum absolute atomic E-state index is 11.9. The fourth-order valence-corrected chi connectivity index (χ4v) is 1.93. The first-order chi connectivity index (χ1) is 10.1. The standard InChI is InChI=1S/C16H25N3O2.ClH/c1-4-8-18-16(21)14-7-5-6-13(9-14)11-19-15(20)12(2)10-17-3;/h5-7,9,12,17H,4,8,10-11H2,1-3H3,(H,18,21)(H,19,20);1H. The first kappa shape index (κ1) is 20.4. The third-order valence-corrected chi connectivity index (χ3v) is 3.15. The van der Waals surface area contributed by atoms with Crippen LogP contribution in [0.3, 0.4) is 0 Å². The van der Waals surface area contributed by atoms with Gasteiger partial charge in [-0.05, 0) is 31.2 Å². The number of hydrogen-bond acceptors (Lipinski definition) is 3. The van der Waals surface area contributed by atoms with Crippen molar-refractivity contribution in [2.24, 2.45) is 5.92 Å². The van der Waals surface area contributed by atoms with Crippen LogP contribution in [0.25, 0.3) is 0 Å². The number of carbonyl (C=O) groups excluding carboxylic acids is 2. The van der Waals surface area contributed by atoms with Crippen LogP contribution in [-0.4, -0.2) is 32.0 Å². The van der Waals surface area contributed by atoms with E-state index >= 15 is 0 Å². The second-order valence-corrected chi connectivity index (χ2v) is 5.13. The van der Waals surface area contributed by atoms with E-state index in [1.807, 2.05) is 39.1 Å². The van der Waals surface area contributed by atoms with Gasteiger partial charge < -0.3 is 16.0 Å². The van der Waals surface area contributed by atoms with Crippen LogP contribution < -0.4 is 16.0 Å². The maximum atomic E-state index is 11.9. The van der Waals surface area contributed by atoms with Gasteiger partial charge in [0.25, 0.3) is 5.91 Å². The predicted octanol–water partition coefficient (Wildman–Crippen LogP) is 1.72. The highest BCUT2D eigenvalue weighted by Gasteiger charge is 2.11. The molecule has 1 rings (SSSR count). The molecule has 1 aromatic carbocycles. The van der Waals surface area contributed by atoms with Crippen LogP contribution in [-0.2, 0) is 11.3 Å². The summed E-state index contributed by atoms with van der Waals surface area (Å²) in [5.74, 6) is -0.148. The molecule has 2 amide bonds. The molecule has 1 aromatic rings. The highest BCUT2D eigenvalue weighted by Crippen LogP contribution is 2.06. The van der Waals surface area contributed by atoms with E-state index in [4.69, 9.17) is 0 Å². The molecule has 1 atom stereocenters. The van der Waals surface area contributed by atoms with E-state index in [1.165, 1.54) is 0 Å². The Balaban J connectivity index is 0.00000441. The van der Waals surface area contributed by atoms with E-state index in [2.05, 4.69) is 16.0 Å². The summed E-state index contributed by atoms with van der Waals surface area (Å²) >= 11 is 0. The highest BCUT2D eigenvalue weighted by molar-refractivity contribution is 5.94. The minimum Gasteiger partial charge on any atom is -0.352 e. The lowest BCUT2D eigenvalue weighted by atomic mass is 10.1. The number of nitrogens with one attached hydrogen (secondary N) is 3. The lowest BCUT2D eigenvalue weighted by molar-refractivity contribution is -0.124. The molecular weight excluding hydrogens is 302 g/mol. The smallest absolute Gasteiger partial charge is 0.251 e. The summed E-state index contributed by atoms with van der Waals surface area (Å²) in [6.07, 6.45) is 0.908. The van der Waals surface area contributed by atoms with Crippen LogP contribution >= 0.6 is 12.4 Å². The normalized spacial score (nSPS) is 11.2. The lowest BCUT2D eigenvalue weighted by Crippen LogP contribution is -2.34. The van der Waals surface area contributed by atoms with Gasteiger partial charge in [0.2, 0.25) is 5.91 Å². The van der Waals surface area contributed by atoms with Crippen LogP contribution in [0.15, 0.2) is 24.3 Å². The zero-order valence-electron chi connectivity index (χ0n) is 13.4. The average molecular weight is 328 g/mol. The minimum atomic E-state index is -0.0777. The second kappa shape index (κ2) is 11.0. The van der Waals surface area contributed by atoms with Gasteiger partial charge in [-0.25, -0.2) is 0 Å². The lowest BCUT2D eigenvalue weighted by Gasteiger charge is -2.12. The Kier molecular flexibility index (Phi) is 10.2. The van der Waals surface area contributed by atoms with E-state index in [-0.39, 0.29) is 30.1 Å². The van der Waals surface area contributed by atoms with Crippen LogP contribution in [0, 0.1) is 5.92 Å². The van der Waals surface area contributed by atoms with Crippen LogP contribution in [0.2, 0.25) is 0 Å². The maximum Gasteiger partial charge on any atom is 0.251 e. The molecule has 0 fully saturated rings. The fraction of sp³-hybridized carbons (Fsp3) is 0.500. The van der Waals surface area contributed by atoms with Crippen molar-refractivity contribution in [2.45, 2.75) is 26.8 Å². The van der Waals surface area contributed by atoms with E-state index in [1.54, 1.807) is 6.07 Å². The van der Waals surface area contributed by atoms with Gasteiger partial charge in [0.1, 0.15) is 0 Å². The molecule has 3 N–H and O–H groups in total. The molecule has 0 aromatic heterocycles. The molecule has 22 heavy (non-hydrogen) atoms. The van der Waals surface area contributed by atoms with Gasteiger partial charge in [-0.2, -0.15) is 0 Å². The molecular formula is C16H26ClN3O2. The highest BCUT2D eigenvalue weighted by atomic mass is 35.5. The van der Waals surface area contributed by atoms with Gasteiger partial charge in [0, 0.05) is 31.1 Å². The van der Waals surface area contributed by atoms with Crippen molar-refractivity contribution in [2.75, 3.05) is 20.1 Å². The zero-order valence-corrected chi connectivity index (χ0v) is 14.3. The Hall–Kier alpha value is -1.59. The predicted molar refractivity (Wildman–Crippen MR) is 91.3 cm³/mol. The molecule has 0 saturated carbocycles. The molecule has 0 bridgehead atoms. The molecule has 0 aliphatic heterocycles. The molecule has 0 saturated heterocycles. The SMILES string of the molecule is CCCNC(=O)c1cccc(CNC(=O)C(C)CNC)c1.Cl. The van der Waals surface area contributed by atoms with Gasteiger partial charge in [-0.3, -0.25) is 9.59 Å². The summed E-state index contributed by atoms with van der Waals surface area (Å²) in [7, 11) is 1.82. The topological polar surface area (TPSA) is 70.2 Å². The quantitative estimate of drug-likeness (QED) is 0.681. The molecule has 0 aliphatic rings. The Morgan fingerprint density at radius 1 is 1.23 bits per heavy atom. The summed E-state index contributed by atoms with van der Waals surface area (Å²) in [6, 6.07) is 7.33. The molecule has 5 nitrogen and oxygen atoms in total. The summed E-state index contributed by atoms with van der Waals surface area (Å²) in [5.41, 5.74) is 1.54. The average Bonchev–Trinajstić information content (AvgIpc) is 2.50. The van der Waals surface area contributed by atoms with Crippen molar-refractivity contribution in [1.82, 2.24) is 16.0 Å². The first-order valence-electron chi connectivity index (χ1n) is 7.38. The molecule has 0 spiro atoms. The number of halogens is 1. The first-order valence-corrected chi connectivity index (χ1v) is 7.38. The Morgan fingerprint density at radius 3 is 2.59 bits per heavy atom. The van der Waals surface area contributed by atoms with Crippen molar-refractivity contribution in [3.05, 3.63) is 35.4 Å². The fourth-order valence-electron chi connectivity index (χ4n) is 1.93. The molecule has 124 valence electrons. The summed E-state index contributed by atoms with van der Waals surface area (Å²) in [5, 5.41) is 8.70. The Morgan fingerprint density at radius 2 is 1.95 bits per heavy atom. The van der Waals surface area contributed by atoms with Crippen molar-refractivity contribution in [3.63, 3.8) is 0 Å². The second-order valence-electron chi connectivity index (χ2n) is 5.13. The summed E-state index contributed by atoms with van der Waals surface area (Å²) < 4.78 is 0. The zero-order chi connectivity index (χ0) is 15.7. The number of hydrogen-bond donors (Lipinski definition) is 3.